The van der Waals surface area contributed by atoms with Gasteiger partial charge in [-0.05, 0) is 24.3 Å². The summed E-state index contributed by atoms with van der Waals surface area (Å²) >= 11 is 3.28. The van der Waals surface area contributed by atoms with E-state index in [0.29, 0.717) is 37.2 Å². The molecule has 1 saturated heterocycles. The third-order valence-electron chi connectivity index (χ3n) is 3.14. The van der Waals surface area contributed by atoms with Crippen molar-refractivity contribution in [1.29, 1.82) is 0 Å². The van der Waals surface area contributed by atoms with Crippen molar-refractivity contribution in [1.82, 2.24) is 4.90 Å². The molecule has 1 aromatic rings. The van der Waals surface area contributed by atoms with Gasteiger partial charge in [-0.3, -0.25) is 4.99 Å². The number of halogens is 1. The Morgan fingerprint density at radius 2 is 1.90 bits per heavy atom. The number of hydrogen-bond donors (Lipinski definition) is 1. The van der Waals surface area contributed by atoms with E-state index in [1.165, 1.54) is 0 Å². The molecule has 21 heavy (non-hydrogen) atoms. The number of guanidine groups is 1. The topological polar surface area (TPSA) is 85.0 Å². The highest BCUT2D eigenvalue weighted by Crippen LogP contribution is 2.15. The van der Waals surface area contributed by atoms with E-state index in [4.69, 9.17) is 10.5 Å². The Kier molecular flexibility index (Phi) is 5.60. The Morgan fingerprint density at radius 3 is 2.52 bits per heavy atom. The number of nitrogens with zero attached hydrogens (tertiary/aromatic N) is 2. The van der Waals surface area contributed by atoms with Crippen LogP contribution in [0.1, 0.15) is 0 Å². The van der Waals surface area contributed by atoms with Crippen molar-refractivity contribution in [2.45, 2.75) is 4.90 Å². The molecule has 1 heterocycles. The lowest BCUT2D eigenvalue weighted by Crippen LogP contribution is -2.45. The number of aliphatic imine (C=N–C) groups is 1. The first-order valence-electron chi connectivity index (χ1n) is 6.60. The lowest BCUT2D eigenvalue weighted by molar-refractivity contribution is 0.0674. The fourth-order valence-corrected chi connectivity index (χ4v) is 3.32. The lowest BCUT2D eigenvalue weighted by Gasteiger charge is -2.27. The number of hydrogen-bond acceptors (Lipinski definition) is 4. The highest BCUT2D eigenvalue weighted by Gasteiger charge is 2.15. The molecule has 0 radical (unpaired) electrons. The Morgan fingerprint density at radius 1 is 1.29 bits per heavy atom. The normalized spacial score (nSPS) is 17.0. The quantitative estimate of drug-likeness (QED) is 0.623. The summed E-state index contributed by atoms with van der Waals surface area (Å²) in [7, 11) is -3.33. The molecule has 0 unspecified atom stereocenters. The van der Waals surface area contributed by atoms with Gasteiger partial charge in [0.05, 0.1) is 30.4 Å². The van der Waals surface area contributed by atoms with E-state index in [1.54, 1.807) is 24.3 Å². The molecule has 0 bridgehead atoms. The second-order valence-electron chi connectivity index (χ2n) is 4.61. The molecule has 8 heteroatoms. The average Bonchev–Trinajstić information content (AvgIpc) is 2.48. The third-order valence-corrected chi connectivity index (χ3v) is 5.38. The van der Waals surface area contributed by atoms with Gasteiger partial charge in [-0.1, -0.05) is 15.9 Å². The SMILES string of the molecule is NC(=NCCS(=O)(=O)c1ccc(Br)cc1)N1CCOCC1. The van der Waals surface area contributed by atoms with E-state index in [0.717, 1.165) is 4.47 Å². The van der Waals surface area contributed by atoms with Crippen molar-refractivity contribution < 1.29 is 13.2 Å². The second kappa shape index (κ2) is 7.24. The molecule has 1 aliphatic rings. The van der Waals surface area contributed by atoms with Gasteiger partial charge < -0.3 is 15.4 Å². The van der Waals surface area contributed by atoms with Crippen molar-refractivity contribution in [3.05, 3.63) is 28.7 Å². The standard InChI is InChI=1S/C13H18BrN3O3S/c14-11-1-3-12(4-2-11)21(18,19)10-5-16-13(15)17-6-8-20-9-7-17/h1-4H,5-10H2,(H2,15,16). The van der Waals surface area contributed by atoms with Crippen molar-refractivity contribution in [2.24, 2.45) is 10.7 Å². The van der Waals surface area contributed by atoms with Crippen LogP contribution in [0.15, 0.2) is 38.6 Å². The van der Waals surface area contributed by atoms with Crippen LogP contribution < -0.4 is 5.73 Å². The zero-order valence-electron chi connectivity index (χ0n) is 11.5. The van der Waals surface area contributed by atoms with E-state index in [1.807, 2.05) is 4.90 Å². The first-order chi connectivity index (χ1) is 9.99. The maximum atomic E-state index is 12.1. The third kappa shape index (κ3) is 4.69. The Balaban J connectivity index is 1.93. The van der Waals surface area contributed by atoms with Gasteiger partial charge in [0.2, 0.25) is 0 Å². The lowest BCUT2D eigenvalue weighted by atomic mass is 10.4. The number of ether oxygens (including phenoxy) is 1. The van der Waals surface area contributed by atoms with Crippen molar-refractivity contribution in [3.8, 4) is 0 Å². The predicted octanol–water partition coefficient (Wildman–Crippen LogP) is 0.870. The molecule has 0 aromatic heterocycles. The number of benzene rings is 1. The molecular formula is C13H18BrN3O3S. The molecule has 6 nitrogen and oxygen atoms in total. The minimum absolute atomic E-state index is 0.0559. The van der Waals surface area contributed by atoms with E-state index >= 15 is 0 Å². The zero-order valence-corrected chi connectivity index (χ0v) is 13.9. The van der Waals surface area contributed by atoms with Crippen LogP contribution in [0.25, 0.3) is 0 Å². The predicted molar refractivity (Wildman–Crippen MR) is 85.1 cm³/mol. The van der Waals surface area contributed by atoms with Crippen LogP contribution in [0.4, 0.5) is 0 Å². The van der Waals surface area contributed by atoms with Crippen molar-refractivity contribution in [2.75, 3.05) is 38.6 Å². The van der Waals surface area contributed by atoms with E-state index in [-0.39, 0.29) is 12.3 Å². The van der Waals surface area contributed by atoms with Crippen LogP contribution >= 0.6 is 15.9 Å². The van der Waals surface area contributed by atoms with Crippen molar-refractivity contribution in [3.63, 3.8) is 0 Å². The molecule has 0 atom stereocenters. The minimum atomic E-state index is -3.33. The molecule has 1 aromatic carbocycles. The Bertz CT molecular complexity index is 596. The summed E-state index contributed by atoms with van der Waals surface area (Å²) < 4.78 is 30.4. The van der Waals surface area contributed by atoms with E-state index in [9.17, 15) is 8.42 Å². The molecule has 2 rings (SSSR count). The van der Waals surface area contributed by atoms with Crippen LogP contribution in [0.2, 0.25) is 0 Å². The fourth-order valence-electron chi connectivity index (χ4n) is 1.93. The van der Waals surface area contributed by atoms with Crippen LogP contribution in [0, 0.1) is 0 Å². The minimum Gasteiger partial charge on any atom is -0.378 e. The summed E-state index contributed by atoms with van der Waals surface area (Å²) in [6.07, 6.45) is 0. The smallest absolute Gasteiger partial charge is 0.191 e. The number of nitrogens with two attached hydrogens (primary N) is 1. The largest absolute Gasteiger partial charge is 0.378 e. The monoisotopic (exact) mass is 375 g/mol. The molecule has 0 spiro atoms. The fraction of sp³-hybridized carbons (Fsp3) is 0.462. The summed E-state index contributed by atoms with van der Waals surface area (Å²) in [6, 6.07) is 6.57. The van der Waals surface area contributed by atoms with Gasteiger partial charge in [0.25, 0.3) is 0 Å². The molecule has 0 aliphatic carbocycles. The van der Waals surface area contributed by atoms with Crippen LogP contribution in [-0.4, -0.2) is 57.9 Å². The van der Waals surface area contributed by atoms with Crippen LogP contribution in [-0.2, 0) is 14.6 Å². The van der Waals surface area contributed by atoms with E-state index < -0.39 is 9.84 Å². The summed E-state index contributed by atoms with van der Waals surface area (Å²) in [5.74, 6) is 0.323. The second-order valence-corrected chi connectivity index (χ2v) is 7.64. The summed E-state index contributed by atoms with van der Waals surface area (Å²) in [5, 5.41) is 0. The molecule has 0 amide bonds. The van der Waals surface area contributed by atoms with Gasteiger partial charge in [0.1, 0.15) is 0 Å². The summed E-state index contributed by atoms with van der Waals surface area (Å²) in [5.41, 5.74) is 5.86. The van der Waals surface area contributed by atoms with E-state index in [2.05, 4.69) is 20.9 Å². The average molecular weight is 376 g/mol. The summed E-state index contributed by atoms with van der Waals surface area (Å²) in [4.78, 5) is 6.35. The zero-order chi connectivity index (χ0) is 15.3. The highest BCUT2D eigenvalue weighted by molar-refractivity contribution is 9.10. The van der Waals surface area contributed by atoms with Gasteiger partial charge in [0, 0.05) is 17.6 Å². The Hall–Kier alpha value is -1.12. The Labute approximate surface area is 133 Å². The van der Waals surface area contributed by atoms with Gasteiger partial charge in [-0.2, -0.15) is 0 Å². The van der Waals surface area contributed by atoms with Crippen LogP contribution in [0.3, 0.4) is 0 Å². The van der Waals surface area contributed by atoms with Crippen molar-refractivity contribution >= 4 is 31.7 Å². The molecule has 2 N–H and O–H groups in total. The maximum absolute atomic E-state index is 12.1. The highest BCUT2D eigenvalue weighted by atomic mass is 79.9. The van der Waals surface area contributed by atoms with Gasteiger partial charge >= 0.3 is 0 Å². The summed E-state index contributed by atoms with van der Waals surface area (Å²) in [6.45, 7) is 2.77. The van der Waals surface area contributed by atoms with Gasteiger partial charge in [-0.15, -0.1) is 0 Å². The van der Waals surface area contributed by atoms with Gasteiger partial charge in [-0.25, -0.2) is 8.42 Å². The first-order valence-corrected chi connectivity index (χ1v) is 9.04. The van der Waals surface area contributed by atoms with Gasteiger partial charge in [0.15, 0.2) is 15.8 Å². The first kappa shape index (κ1) is 16.3. The maximum Gasteiger partial charge on any atom is 0.191 e. The molecule has 1 aliphatic heterocycles. The molecular weight excluding hydrogens is 358 g/mol. The number of morpholine rings is 1. The number of rotatable bonds is 4. The van der Waals surface area contributed by atoms with Crippen LogP contribution in [0.5, 0.6) is 0 Å². The number of sulfone groups is 1. The molecule has 116 valence electrons. The molecule has 0 saturated carbocycles. The molecule has 1 fully saturated rings.